The van der Waals surface area contributed by atoms with Crippen molar-refractivity contribution in [1.82, 2.24) is 15.5 Å². The molecule has 1 unspecified atom stereocenters. The Labute approximate surface area is 178 Å². The molecular weight excluding hydrogens is 382 g/mol. The molecule has 0 aromatic heterocycles. The maximum atomic E-state index is 12.9. The minimum atomic E-state index is -0.614. The van der Waals surface area contributed by atoms with Gasteiger partial charge in [0, 0.05) is 31.1 Å². The summed E-state index contributed by atoms with van der Waals surface area (Å²) in [5.74, 6) is 1.02. The van der Waals surface area contributed by atoms with Crippen LogP contribution in [0.2, 0.25) is 0 Å². The summed E-state index contributed by atoms with van der Waals surface area (Å²) < 4.78 is 5.14. The van der Waals surface area contributed by atoms with E-state index in [4.69, 9.17) is 4.74 Å². The van der Waals surface area contributed by atoms with Gasteiger partial charge in [0.05, 0.1) is 7.11 Å². The van der Waals surface area contributed by atoms with Crippen molar-refractivity contribution in [2.45, 2.75) is 45.6 Å². The molecule has 3 amide bonds. The van der Waals surface area contributed by atoms with Crippen molar-refractivity contribution in [3.63, 3.8) is 0 Å². The first-order valence-corrected chi connectivity index (χ1v) is 10.9. The summed E-state index contributed by atoms with van der Waals surface area (Å²) >= 11 is 0. The molecule has 0 radical (unpaired) electrons. The van der Waals surface area contributed by atoms with Crippen LogP contribution in [-0.4, -0.2) is 55.4 Å². The monoisotopic (exact) mass is 415 g/mol. The molecular formula is C23H33N3O4. The second-order valence-electron chi connectivity index (χ2n) is 8.76. The number of rotatable bonds is 8. The van der Waals surface area contributed by atoms with E-state index in [1.807, 2.05) is 18.7 Å². The minimum absolute atomic E-state index is 0.00242. The molecule has 7 heteroatoms. The van der Waals surface area contributed by atoms with Crippen LogP contribution in [0.15, 0.2) is 24.3 Å². The number of carbonyl (C=O) groups excluding carboxylic acids is 3. The van der Waals surface area contributed by atoms with Gasteiger partial charge < -0.3 is 20.3 Å². The molecule has 7 nitrogen and oxygen atoms in total. The van der Waals surface area contributed by atoms with E-state index in [9.17, 15) is 14.4 Å². The van der Waals surface area contributed by atoms with E-state index >= 15 is 0 Å². The van der Waals surface area contributed by atoms with Crippen molar-refractivity contribution in [2.24, 2.45) is 17.8 Å². The fourth-order valence-corrected chi connectivity index (χ4v) is 3.82. The van der Waals surface area contributed by atoms with Crippen molar-refractivity contribution in [3.8, 4) is 5.75 Å². The summed E-state index contributed by atoms with van der Waals surface area (Å²) in [6.07, 6.45) is 3.41. The fourth-order valence-electron chi connectivity index (χ4n) is 3.82. The quantitative estimate of drug-likeness (QED) is 0.682. The third kappa shape index (κ3) is 5.74. The van der Waals surface area contributed by atoms with Crippen LogP contribution in [0.3, 0.4) is 0 Å². The molecule has 2 aliphatic rings. The highest BCUT2D eigenvalue weighted by molar-refractivity contribution is 5.97. The first-order chi connectivity index (χ1) is 14.4. The van der Waals surface area contributed by atoms with Crippen molar-refractivity contribution in [1.29, 1.82) is 0 Å². The van der Waals surface area contributed by atoms with Crippen LogP contribution >= 0.6 is 0 Å². The number of methoxy groups -OCH3 is 1. The Morgan fingerprint density at radius 3 is 2.23 bits per heavy atom. The molecule has 1 saturated carbocycles. The predicted molar refractivity (Wildman–Crippen MR) is 114 cm³/mol. The molecule has 1 atom stereocenters. The lowest BCUT2D eigenvalue weighted by atomic mass is 9.88. The number of piperidine rings is 1. The number of likely N-dealkylation sites (tertiary alicyclic amines) is 1. The zero-order valence-corrected chi connectivity index (χ0v) is 18.1. The van der Waals surface area contributed by atoms with Crippen molar-refractivity contribution in [3.05, 3.63) is 29.8 Å². The van der Waals surface area contributed by atoms with Crippen molar-refractivity contribution >= 4 is 17.7 Å². The maximum Gasteiger partial charge on any atom is 0.251 e. The Bertz CT molecular complexity index is 750. The van der Waals surface area contributed by atoms with E-state index < -0.39 is 6.04 Å². The molecule has 1 saturated heterocycles. The van der Waals surface area contributed by atoms with Gasteiger partial charge in [-0.1, -0.05) is 13.8 Å². The molecule has 1 aliphatic heterocycles. The maximum absolute atomic E-state index is 12.9. The third-order valence-electron chi connectivity index (χ3n) is 5.86. The number of benzene rings is 1. The molecule has 1 heterocycles. The van der Waals surface area contributed by atoms with E-state index in [0.717, 1.165) is 12.8 Å². The largest absolute Gasteiger partial charge is 0.497 e. The summed E-state index contributed by atoms with van der Waals surface area (Å²) in [5.41, 5.74) is 0.485. The van der Waals surface area contributed by atoms with E-state index in [0.29, 0.717) is 49.7 Å². The highest BCUT2D eigenvalue weighted by Crippen LogP contribution is 2.33. The normalized spacial score (nSPS) is 18.1. The van der Waals surface area contributed by atoms with Gasteiger partial charge in [-0.05, 0) is 61.8 Å². The number of ether oxygens (including phenoxy) is 1. The smallest absolute Gasteiger partial charge is 0.251 e. The SMILES string of the molecule is COc1ccc(C(=O)NC(C(=O)NCC(C)C)C2CCN(C(=O)C3CC3)CC2)cc1. The van der Waals surface area contributed by atoms with Crippen molar-refractivity contribution in [2.75, 3.05) is 26.7 Å². The summed E-state index contributed by atoms with van der Waals surface area (Å²) in [5, 5.41) is 5.91. The Hall–Kier alpha value is -2.57. The van der Waals surface area contributed by atoms with Crippen LogP contribution in [0.25, 0.3) is 0 Å². The van der Waals surface area contributed by atoms with E-state index in [2.05, 4.69) is 10.6 Å². The van der Waals surface area contributed by atoms with Gasteiger partial charge in [-0.2, -0.15) is 0 Å². The van der Waals surface area contributed by atoms with Gasteiger partial charge in [0.2, 0.25) is 11.8 Å². The molecule has 2 N–H and O–H groups in total. The molecule has 2 fully saturated rings. The summed E-state index contributed by atoms with van der Waals surface area (Å²) in [7, 11) is 1.57. The first kappa shape index (κ1) is 22.1. The van der Waals surface area contributed by atoms with Crippen LogP contribution in [0.5, 0.6) is 5.75 Å². The molecule has 1 aromatic carbocycles. The second-order valence-corrected chi connectivity index (χ2v) is 8.76. The molecule has 30 heavy (non-hydrogen) atoms. The van der Waals surface area contributed by atoms with Gasteiger partial charge in [0.15, 0.2) is 0 Å². The Kier molecular flexibility index (Phi) is 7.34. The molecule has 0 bridgehead atoms. The number of carbonyl (C=O) groups is 3. The fraction of sp³-hybridized carbons (Fsp3) is 0.609. The lowest BCUT2D eigenvalue weighted by Crippen LogP contribution is -2.54. The minimum Gasteiger partial charge on any atom is -0.497 e. The Balaban J connectivity index is 1.65. The van der Waals surface area contributed by atoms with Gasteiger partial charge in [-0.25, -0.2) is 0 Å². The first-order valence-electron chi connectivity index (χ1n) is 10.9. The highest BCUT2D eigenvalue weighted by Gasteiger charge is 2.38. The van der Waals surface area contributed by atoms with Gasteiger partial charge in [-0.3, -0.25) is 14.4 Å². The van der Waals surface area contributed by atoms with Crippen LogP contribution in [0.4, 0.5) is 0 Å². The number of amides is 3. The summed E-state index contributed by atoms with van der Waals surface area (Å²) in [6, 6.07) is 6.22. The standard InChI is InChI=1S/C23H33N3O4/c1-15(2)14-24-22(28)20(25-21(27)17-6-8-19(30-3)9-7-17)16-10-12-26(13-11-16)23(29)18-4-5-18/h6-9,15-16,18,20H,4-5,10-14H2,1-3H3,(H,24,28)(H,25,27). The van der Waals surface area contributed by atoms with Gasteiger partial charge in [0.25, 0.3) is 5.91 Å². The number of nitrogens with one attached hydrogen (secondary N) is 2. The van der Waals surface area contributed by atoms with Gasteiger partial charge in [-0.15, -0.1) is 0 Å². The van der Waals surface area contributed by atoms with E-state index in [-0.39, 0.29) is 29.6 Å². The van der Waals surface area contributed by atoms with Crippen molar-refractivity contribution < 1.29 is 19.1 Å². The molecule has 164 valence electrons. The number of nitrogens with zero attached hydrogens (tertiary/aromatic N) is 1. The Morgan fingerprint density at radius 1 is 1.07 bits per heavy atom. The van der Waals surface area contributed by atoms with Crippen LogP contribution in [0, 0.1) is 17.8 Å². The van der Waals surface area contributed by atoms with Crippen LogP contribution in [0.1, 0.15) is 49.9 Å². The second kappa shape index (κ2) is 9.96. The Morgan fingerprint density at radius 2 is 1.70 bits per heavy atom. The van der Waals surface area contributed by atoms with Gasteiger partial charge >= 0.3 is 0 Å². The zero-order valence-electron chi connectivity index (χ0n) is 18.1. The van der Waals surface area contributed by atoms with Crippen LogP contribution < -0.4 is 15.4 Å². The lowest BCUT2D eigenvalue weighted by molar-refractivity contribution is -0.134. The highest BCUT2D eigenvalue weighted by atomic mass is 16.5. The van der Waals surface area contributed by atoms with E-state index in [1.165, 1.54) is 0 Å². The predicted octanol–water partition coefficient (Wildman–Crippen LogP) is 2.21. The lowest BCUT2D eigenvalue weighted by Gasteiger charge is -2.36. The zero-order chi connectivity index (χ0) is 21.7. The molecule has 3 rings (SSSR count). The number of hydrogen-bond acceptors (Lipinski definition) is 4. The number of hydrogen-bond donors (Lipinski definition) is 2. The summed E-state index contributed by atoms with van der Waals surface area (Å²) in [6.45, 7) is 5.92. The summed E-state index contributed by atoms with van der Waals surface area (Å²) in [4.78, 5) is 40.0. The average Bonchev–Trinajstić information content (AvgIpc) is 3.61. The topological polar surface area (TPSA) is 87.7 Å². The van der Waals surface area contributed by atoms with Crippen LogP contribution in [-0.2, 0) is 9.59 Å². The van der Waals surface area contributed by atoms with Gasteiger partial charge in [0.1, 0.15) is 11.8 Å². The molecule has 1 aliphatic carbocycles. The third-order valence-corrected chi connectivity index (χ3v) is 5.86. The molecule has 1 aromatic rings. The average molecular weight is 416 g/mol. The van der Waals surface area contributed by atoms with E-state index in [1.54, 1.807) is 31.4 Å². The molecule has 0 spiro atoms.